The molecule has 1 aromatic carbocycles. The lowest BCUT2D eigenvalue weighted by molar-refractivity contribution is 0.487. The Bertz CT molecular complexity index is 663. The zero-order chi connectivity index (χ0) is 18.8. The fourth-order valence-corrected chi connectivity index (χ4v) is 4.07. The van der Waals surface area contributed by atoms with Gasteiger partial charge in [-0.2, -0.15) is 0 Å². The molecule has 0 aromatic heterocycles. The van der Waals surface area contributed by atoms with Crippen LogP contribution in [0.3, 0.4) is 0 Å². The first kappa shape index (κ1) is 20.7. The van der Waals surface area contributed by atoms with E-state index < -0.39 is 9.84 Å². The molecule has 0 atom stereocenters. The minimum Gasteiger partial charge on any atom is -0.357 e. The quantitative estimate of drug-likeness (QED) is 0.393. The highest BCUT2D eigenvalue weighted by Crippen LogP contribution is 2.28. The van der Waals surface area contributed by atoms with Crippen LogP contribution in [0.5, 0.6) is 0 Å². The maximum absolute atomic E-state index is 11.5. The number of rotatable bonds is 9. The number of guanidine groups is 1. The van der Waals surface area contributed by atoms with Crippen LogP contribution in [-0.4, -0.2) is 40.3 Å². The fourth-order valence-electron chi connectivity index (χ4n) is 3.44. The van der Waals surface area contributed by atoms with Crippen LogP contribution in [0.15, 0.2) is 34.2 Å². The largest absolute Gasteiger partial charge is 0.357 e. The van der Waals surface area contributed by atoms with Gasteiger partial charge in [0.1, 0.15) is 0 Å². The van der Waals surface area contributed by atoms with Crippen LogP contribution >= 0.6 is 0 Å². The van der Waals surface area contributed by atoms with Crippen LogP contribution in [0.4, 0.5) is 0 Å². The topological polar surface area (TPSA) is 70.6 Å². The molecule has 0 spiro atoms. The molecule has 2 N–H and O–H groups in total. The Balaban J connectivity index is 1.73. The molecule has 1 aliphatic carbocycles. The highest BCUT2D eigenvalue weighted by atomic mass is 32.2. The summed E-state index contributed by atoms with van der Waals surface area (Å²) in [6.45, 7) is 4.55. The third-order valence-electron chi connectivity index (χ3n) is 4.92. The molecule has 0 unspecified atom stereocenters. The van der Waals surface area contributed by atoms with Gasteiger partial charge in [-0.3, -0.25) is 4.99 Å². The molecule has 6 heteroatoms. The lowest BCUT2D eigenvalue weighted by Crippen LogP contribution is -2.38. The van der Waals surface area contributed by atoms with Crippen LogP contribution in [-0.2, 0) is 16.3 Å². The van der Waals surface area contributed by atoms with Crippen LogP contribution in [0.2, 0.25) is 0 Å². The second kappa shape index (κ2) is 10.6. The third-order valence-corrected chi connectivity index (χ3v) is 6.05. The van der Waals surface area contributed by atoms with Crippen LogP contribution in [0, 0.1) is 5.92 Å². The van der Waals surface area contributed by atoms with E-state index in [1.807, 2.05) is 12.1 Å². The van der Waals surface area contributed by atoms with Gasteiger partial charge in [-0.1, -0.05) is 37.8 Å². The summed E-state index contributed by atoms with van der Waals surface area (Å²) in [6.07, 6.45) is 10.1. The predicted molar refractivity (Wildman–Crippen MR) is 108 cm³/mol. The van der Waals surface area contributed by atoms with E-state index in [1.54, 1.807) is 12.1 Å². The van der Waals surface area contributed by atoms with E-state index in [0.29, 0.717) is 4.90 Å². The number of hydrogen-bond donors (Lipinski definition) is 2. The number of hydrogen-bond acceptors (Lipinski definition) is 3. The van der Waals surface area contributed by atoms with E-state index in [9.17, 15) is 8.42 Å². The third kappa shape index (κ3) is 7.36. The Morgan fingerprint density at radius 1 is 1.15 bits per heavy atom. The Morgan fingerprint density at radius 3 is 2.46 bits per heavy atom. The number of benzene rings is 1. The van der Waals surface area contributed by atoms with E-state index in [-0.39, 0.29) is 0 Å². The molecule has 1 fully saturated rings. The lowest BCUT2D eigenvalue weighted by atomic mass is 10.0. The summed E-state index contributed by atoms with van der Waals surface area (Å²) < 4.78 is 23.0. The molecular formula is C20H33N3O2S. The van der Waals surface area contributed by atoms with Gasteiger partial charge in [0, 0.05) is 25.9 Å². The van der Waals surface area contributed by atoms with E-state index in [1.165, 1.54) is 38.4 Å². The molecule has 5 nitrogen and oxygen atoms in total. The Labute approximate surface area is 158 Å². The van der Waals surface area contributed by atoms with Crippen molar-refractivity contribution in [2.75, 3.05) is 25.9 Å². The van der Waals surface area contributed by atoms with Gasteiger partial charge in [-0.25, -0.2) is 8.42 Å². The summed E-state index contributed by atoms with van der Waals surface area (Å²) in [5.41, 5.74) is 1.11. The van der Waals surface area contributed by atoms with E-state index in [4.69, 9.17) is 0 Å². The van der Waals surface area contributed by atoms with Crippen LogP contribution in [0.25, 0.3) is 0 Å². The summed E-state index contributed by atoms with van der Waals surface area (Å²) in [5, 5.41) is 6.65. The number of nitrogens with one attached hydrogen (secondary N) is 2. The molecule has 26 heavy (non-hydrogen) atoms. The van der Waals surface area contributed by atoms with E-state index >= 15 is 0 Å². The summed E-state index contributed by atoms with van der Waals surface area (Å²) in [4.78, 5) is 5.03. The first-order chi connectivity index (χ1) is 12.5. The zero-order valence-corrected chi connectivity index (χ0v) is 16.9. The van der Waals surface area contributed by atoms with Gasteiger partial charge < -0.3 is 10.6 Å². The lowest BCUT2D eigenvalue weighted by Gasteiger charge is -2.12. The average Bonchev–Trinajstić information content (AvgIpc) is 3.12. The molecule has 146 valence electrons. The van der Waals surface area contributed by atoms with E-state index in [0.717, 1.165) is 49.9 Å². The summed E-state index contributed by atoms with van der Waals surface area (Å²) in [5.74, 6) is 1.79. The SMILES string of the molecule is CCNC(=NCCCC1CCCC1)NCCc1ccc(S(C)(=O)=O)cc1. The highest BCUT2D eigenvalue weighted by Gasteiger charge is 2.13. The first-order valence-electron chi connectivity index (χ1n) is 9.80. The summed E-state index contributed by atoms with van der Waals surface area (Å²) in [7, 11) is -3.12. The second-order valence-electron chi connectivity index (χ2n) is 7.15. The molecule has 0 aliphatic heterocycles. The molecule has 1 aliphatic rings. The standard InChI is InChI=1S/C20H33N3O2S/c1-3-21-20(22-15-6-9-17-7-4-5-8-17)23-16-14-18-10-12-19(13-11-18)26(2,24)25/h10-13,17H,3-9,14-16H2,1-2H3,(H2,21,22,23). The van der Waals surface area contributed by atoms with Crippen LogP contribution in [0.1, 0.15) is 51.0 Å². The fraction of sp³-hybridized carbons (Fsp3) is 0.650. The summed E-state index contributed by atoms with van der Waals surface area (Å²) in [6, 6.07) is 7.10. The van der Waals surface area contributed by atoms with Crippen molar-refractivity contribution in [1.29, 1.82) is 0 Å². The maximum atomic E-state index is 11.5. The van der Waals surface area contributed by atoms with Crippen molar-refractivity contribution in [2.24, 2.45) is 10.9 Å². The minimum atomic E-state index is -3.12. The van der Waals surface area contributed by atoms with Crippen molar-refractivity contribution >= 4 is 15.8 Å². The Hall–Kier alpha value is -1.56. The van der Waals surface area contributed by atoms with Crippen molar-refractivity contribution in [3.8, 4) is 0 Å². The van der Waals surface area contributed by atoms with Crippen molar-refractivity contribution in [3.05, 3.63) is 29.8 Å². The van der Waals surface area contributed by atoms with Crippen molar-refractivity contribution < 1.29 is 8.42 Å². The monoisotopic (exact) mass is 379 g/mol. The molecule has 0 bridgehead atoms. The number of aliphatic imine (C=N–C) groups is 1. The van der Waals surface area contributed by atoms with Gasteiger partial charge in [0.15, 0.2) is 15.8 Å². The minimum absolute atomic E-state index is 0.367. The van der Waals surface area contributed by atoms with Crippen molar-refractivity contribution in [3.63, 3.8) is 0 Å². The van der Waals surface area contributed by atoms with Crippen molar-refractivity contribution in [1.82, 2.24) is 10.6 Å². The molecule has 0 radical (unpaired) electrons. The molecule has 1 aromatic rings. The summed E-state index contributed by atoms with van der Waals surface area (Å²) >= 11 is 0. The van der Waals surface area contributed by atoms with Gasteiger partial charge in [0.2, 0.25) is 0 Å². The number of nitrogens with zero attached hydrogens (tertiary/aromatic N) is 1. The first-order valence-corrected chi connectivity index (χ1v) is 11.7. The van der Waals surface area contributed by atoms with Gasteiger partial charge in [-0.05, 0) is 49.8 Å². The molecule has 0 heterocycles. The molecular weight excluding hydrogens is 346 g/mol. The Morgan fingerprint density at radius 2 is 1.85 bits per heavy atom. The average molecular weight is 380 g/mol. The van der Waals surface area contributed by atoms with Gasteiger partial charge in [0.05, 0.1) is 4.90 Å². The molecule has 1 saturated carbocycles. The second-order valence-corrected chi connectivity index (χ2v) is 9.16. The van der Waals surface area contributed by atoms with Gasteiger partial charge in [-0.15, -0.1) is 0 Å². The smallest absolute Gasteiger partial charge is 0.191 e. The molecule has 0 amide bonds. The predicted octanol–water partition coefficient (Wildman–Crippen LogP) is 3.16. The van der Waals surface area contributed by atoms with Gasteiger partial charge >= 0.3 is 0 Å². The van der Waals surface area contributed by atoms with Crippen molar-refractivity contribution in [2.45, 2.75) is 56.8 Å². The highest BCUT2D eigenvalue weighted by molar-refractivity contribution is 7.90. The zero-order valence-electron chi connectivity index (χ0n) is 16.1. The number of sulfone groups is 1. The van der Waals surface area contributed by atoms with Crippen LogP contribution < -0.4 is 10.6 Å². The van der Waals surface area contributed by atoms with Gasteiger partial charge in [0.25, 0.3) is 0 Å². The molecule has 0 saturated heterocycles. The molecule has 2 rings (SSSR count). The Kier molecular flexibility index (Phi) is 8.42. The maximum Gasteiger partial charge on any atom is 0.191 e. The normalized spacial score (nSPS) is 16.0. The van der Waals surface area contributed by atoms with E-state index in [2.05, 4.69) is 22.5 Å².